The monoisotopic (exact) mass is 335 g/mol. The Morgan fingerprint density at radius 2 is 1.88 bits per heavy atom. The van der Waals surface area contributed by atoms with E-state index in [2.05, 4.69) is 21.7 Å². The van der Waals surface area contributed by atoms with Crippen molar-refractivity contribution in [2.45, 2.75) is 11.8 Å². The summed E-state index contributed by atoms with van der Waals surface area (Å²) in [4.78, 5) is 3.08. The minimum atomic E-state index is -3.76. The molecule has 2 N–H and O–H groups in total. The molecule has 2 aromatic carbocycles. The van der Waals surface area contributed by atoms with E-state index in [1.54, 1.807) is 30.5 Å². The molecule has 0 fully saturated rings. The summed E-state index contributed by atoms with van der Waals surface area (Å²) in [5, 5.41) is 9.88. The van der Waals surface area contributed by atoms with Gasteiger partial charge in [-0.1, -0.05) is 12.0 Å². The van der Waals surface area contributed by atoms with Crippen LogP contribution in [-0.2, 0) is 10.0 Å². The van der Waals surface area contributed by atoms with Crippen molar-refractivity contribution < 1.29 is 8.42 Å². The second kappa shape index (κ2) is 5.77. The molecule has 0 saturated carbocycles. The largest absolute Gasteiger partial charge is 0.358 e. The van der Waals surface area contributed by atoms with E-state index in [1.807, 2.05) is 6.92 Å². The van der Waals surface area contributed by atoms with Crippen LogP contribution in [0.15, 0.2) is 47.5 Å². The molecule has 3 aromatic rings. The molecule has 0 amide bonds. The lowest BCUT2D eigenvalue weighted by atomic mass is 10.1. The molecule has 0 radical (unpaired) electrons. The van der Waals surface area contributed by atoms with E-state index in [0.29, 0.717) is 27.7 Å². The van der Waals surface area contributed by atoms with E-state index in [-0.39, 0.29) is 4.90 Å². The van der Waals surface area contributed by atoms with Gasteiger partial charge >= 0.3 is 0 Å². The van der Waals surface area contributed by atoms with E-state index < -0.39 is 10.0 Å². The molecule has 1 aromatic heterocycles. The number of benzene rings is 2. The lowest BCUT2D eigenvalue weighted by molar-refractivity contribution is 0.601. The number of hydrogen-bond donors (Lipinski definition) is 2. The lowest BCUT2D eigenvalue weighted by Crippen LogP contribution is -2.13. The Morgan fingerprint density at radius 3 is 2.50 bits per heavy atom. The minimum absolute atomic E-state index is 0.113. The van der Waals surface area contributed by atoms with Crippen molar-refractivity contribution in [2.24, 2.45) is 0 Å². The number of H-pyrrole nitrogens is 1. The highest BCUT2D eigenvalue weighted by atomic mass is 32.2. The first-order valence-electron chi connectivity index (χ1n) is 7.06. The third-order valence-corrected chi connectivity index (χ3v) is 5.12. The van der Waals surface area contributed by atoms with Crippen molar-refractivity contribution in [1.29, 1.82) is 5.26 Å². The zero-order valence-electron chi connectivity index (χ0n) is 12.8. The van der Waals surface area contributed by atoms with Gasteiger partial charge in [-0.2, -0.15) is 5.26 Å². The van der Waals surface area contributed by atoms with Crippen LogP contribution >= 0.6 is 0 Å². The van der Waals surface area contributed by atoms with Crippen LogP contribution in [0, 0.1) is 30.6 Å². The average molecular weight is 335 g/mol. The normalized spacial score (nSPS) is 11.0. The smallest absolute Gasteiger partial charge is 0.261 e. The summed E-state index contributed by atoms with van der Waals surface area (Å²) in [6, 6.07) is 11.6. The first kappa shape index (κ1) is 15.7. The summed E-state index contributed by atoms with van der Waals surface area (Å²) in [7, 11) is -3.76. The topological polar surface area (TPSA) is 85.8 Å². The first-order chi connectivity index (χ1) is 11.5. The van der Waals surface area contributed by atoms with Gasteiger partial charge in [0.15, 0.2) is 0 Å². The second-order valence-corrected chi connectivity index (χ2v) is 6.95. The fourth-order valence-corrected chi connectivity index (χ4v) is 3.60. The Balaban J connectivity index is 2.06. The van der Waals surface area contributed by atoms with Crippen LogP contribution in [0.4, 0.5) is 5.69 Å². The van der Waals surface area contributed by atoms with E-state index in [0.717, 1.165) is 5.56 Å². The molecule has 24 heavy (non-hydrogen) atoms. The van der Waals surface area contributed by atoms with Gasteiger partial charge in [0.05, 0.1) is 21.7 Å². The highest BCUT2D eigenvalue weighted by molar-refractivity contribution is 7.92. The number of rotatable bonds is 3. The molecule has 3 rings (SSSR count). The highest BCUT2D eigenvalue weighted by Gasteiger charge is 2.17. The Kier molecular flexibility index (Phi) is 3.76. The van der Waals surface area contributed by atoms with Crippen LogP contribution in [-0.4, -0.2) is 13.4 Å². The van der Waals surface area contributed by atoms with Gasteiger partial charge in [0, 0.05) is 17.1 Å². The van der Waals surface area contributed by atoms with Crippen LogP contribution in [0.5, 0.6) is 0 Å². The van der Waals surface area contributed by atoms with Gasteiger partial charge in [-0.25, -0.2) is 8.42 Å². The molecule has 0 aliphatic carbocycles. The summed E-state index contributed by atoms with van der Waals surface area (Å²) < 4.78 is 27.7. The predicted octanol–water partition coefficient (Wildman–Crippen LogP) is 3.13. The fraction of sp³-hybridized carbons (Fsp3) is 0.0556. The van der Waals surface area contributed by atoms with Crippen LogP contribution in [0.1, 0.15) is 16.7 Å². The van der Waals surface area contributed by atoms with Gasteiger partial charge in [-0.3, -0.25) is 4.72 Å². The molecule has 1 heterocycles. The summed E-state index contributed by atoms with van der Waals surface area (Å²) in [6.07, 6.45) is 6.85. The Morgan fingerprint density at radius 1 is 1.17 bits per heavy atom. The zero-order valence-corrected chi connectivity index (χ0v) is 13.6. The van der Waals surface area contributed by atoms with Gasteiger partial charge in [-0.05, 0) is 42.8 Å². The number of fused-ring (bicyclic) bond motifs is 1. The van der Waals surface area contributed by atoms with Crippen LogP contribution in [0.2, 0.25) is 0 Å². The summed E-state index contributed by atoms with van der Waals surface area (Å²) >= 11 is 0. The maximum Gasteiger partial charge on any atom is 0.261 e. The molecule has 5 nitrogen and oxygen atoms in total. The van der Waals surface area contributed by atoms with Crippen molar-refractivity contribution in [2.75, 3.05) is 4.72 Å². The maximum absolute atomic E-state index is 12.6. The molecule has 118 valence electrons. The van der Waals surface area contributed by atoms with Crippen LogP contribution in [0.25, 0.3) is 10.9 Å². The quantitative estimate of drug-likeness (QED) is 0.721. The van der Waals surface area contributed by atoms with Crippen molar-refractivity contribution in [1.82, 2.24) is 4.98 Å². The molecular formula is C18H13N3O2S. The molecular weight excluding hydrogens is 322 g/mol. The summed E-state index contributed by atoms with van der Waals surface area (Å²) in [5.41, 5.74) is 2.94. The molecule has 0 atom stereocenters. The van der Waals surface area contributed by atoms with Crippen molar-refractivity contribution >= 4 is 26.6 Å². The van der Waals surface area contributed by atoms with Crippen LogP contribution < -0.4 is 4.72 Å². The van der Waals surface area contributed by atoms with E-state index in [1.165, 1.54) is 12.1 Å². The summed E-state index contributed by atoms with van der Waals surface area (Å²) in [6.45, 7) is 1.87. The van der Waals surface area contributed by atoms with Gasteiger partial charge < -0.3 is 4.98 Å². The number of hydrogen-bond acceptors (Lipinski definition) is 3. The molecule has 0 unspecified atom stereocenters. The lowest BCUT2D eigenvalue weighted by Gasteiger charge is -2.10. The number of nitriles is 1. The van der Waals surface area contributed by atoms with E-state index in [4.69, 9.17) is 6.42 Å². The molecule has 0 bridgehead atoms. The number of anilines is 1. The number of aromatic amines is 1. The number of nitrogens with one attached hydrogen (secondary N) is 2. The van der Waals surface area contributed by atoms with Crippen molar-refractivity contribution in [3.8, 4) is 18.4 Å². The molecule has 0 aliphatic heterocycles. The Bertz CT molecular complexity index is 1110. The number of sulfonamides is 1. The van der Waals surface area contributed by atoms with Gasteiger partial charge in [0.1, 0.15) is 6.07 Å². The van der Waals surface area contributed by atoms with Gasteiger partial charge in [0.2, 0.25) is 0 Å². The van der Waals surface area contributed by atoms with Crippen molar-refractivity contribution in [3.63, 3.8) is 0 Å². The molecule has 0 saturated heterocycles. The molecule has 0 spiro atoms. The third kappa shape index (κ3) is 2.60. The van der Waals surface area contributed by atoms with E-state index in [9.17, 15) is 13.7 Å². The molecule has 0 aliphatic rings. The third-order valence-electron chi connectivity index (χ3n) is 3.74. The number of aryl methyl sites for hydroxylation is 1. The zero-order chi connectivity index (χ0) is 17.3. The van der Waals surface area contributed by atoms with Crippen LogP contribution in [0.3, 0.4) is 0 Å². The Labute approximate surface area is 140 Å². The molecule has 6 heteroatoms. The number of terminal acetylenes is 1. The minimum Gasteiger partial charge on any atom is -0.358 e. The second-order valence-electron chi connectivity index (χ2n) is 5.27. The van der Waals surface area contributed by atoms with Gasteiger partial charge in [0.25, 0.3) is 10.0 Å². The maximum atomic E-state index is 12.6. The Hall–Kier alpha value is -3.22. The predicted molar refractivity (Wildman–Crippen MR) is 92.9 cm³/mol. The van der Waals surface area contributed by atoms with E-state index >= 15 is 0 Å². The SMILES string of the molecule is C#Cc1ccc(S(=O)(=O)Nc2ccc(C)c3c(C#N)c[nH]c23)cc1. The summed E-state index contributed by atoms with van der Waals surface area (Å²) in [5.74, 6) is 2.44. The number of nitrogens with zero attached hydrogens (tertiary/aromatic N) is 1. The standard InChI is InChI=1S/C18H13N3O2S/c1-3-13-5-7-15(8-6-13)24(22,23)21-16-9-4-12(2)17-14(10-19)11-20-18(16)17/h1,4-9,11,20-21H,2H3. The van der Waals surface area contributed by atoms with Crippen molar-refractivity contribution in [3.05, 3.63) is 59.3 Å². The number of aromatic nitrogens is 1. The fourth-order valence-electron chi connectivity index (χ4n) is 2.53. The first-order valence-corrected chi connectivity index (χ1v) is 8.55. The average Bonchev–Trinajstić information content (AvgIpc) is 3.02. The highest BCUT2D eigenvalue weighted by Crippen LogP contribution is 2.29. The van der Waals surface area contributed by atoms with Gasteiger partial charge in [-0.15, -0.1) is 6.42 Å².